The molecule has 0 heterocycles. The van der Waals surface area contributed by atoms with Gasteiger partial charge in [0.05, 0.1) is 22.3 Å². The molecule has 1 N–H and O–H groups in total. The Labute approximate surface area is 252 Å². The largest absolute Gasteiger partial charge is 0.459 e. The van der Waals surface area contributed by atoms with Gasteiger partial charge in [0.15, 0.2) is 24.6 Å². The van der Waals surface area contributed by atoms with E-state index in [0.717, 1.165) is 0 Å². The fraction of sp³-hybridized carbons (Fsp3) is 0.147. The van der Waals surface area contributed by atoms with E-state index in [-0.39, 0.29) is 28.5 Å². The highest BCUT2D eigenvalue weighted by Crippen LogP contribution is 2.21. The van der Waals surface area contributed by atoms with Crippen LogP contribution in [0.2, 0.25) is 0 Å². The van der Waals surface area contributed by atoms with Gasteiger partial charge in [0.1, 0.15) is 12.7 Å². The third-order valence-electron chi connectivity index (χ3n) is 6.31. The molecule has 0 aromatic heterocycles. The van der Waals surface area contributed by atoms with Crippen molar-refractivity contribution in [1.29, 1.82) is 0 Å². The van der Waals surface area contributed by atoms with E-state index in [2.05, 4.69) is 0 Å². The molecule has 0 saturated heterocycles. The number of carbonyl (C=O) groups excluding carboxylic acids is 5. The molecular weight excluding hydrogens is 568 g/mol. The molecule has 0 amide bonds. The van der Waals surface area contributed by atoms with E-state index < -0.39 is 54.9 Å². The summed E-state index contributed by atoms with van der Waals surface area (Å²) >= 11 is 0. The Kier molecular flexibility index (Phi) is 11.1. The van der Waals surface area contributed by atoms with E-state index in [4.69, 9.17) is 18.9 Å². The second-order valence-electron chi connectivity index (χ2n) is 9.38. The normalized spacial score (nSPS) is 13.3. The summed E-state index contributed by atoms with van der Waals surface area (Å²) in [5.41, 5.74) is 0.410. The average Bonchev–Trinajstić information content (AvgIpc) is 3.08. The molecule has 0 fully saturated rings. The Morgan fingerprint density at radius 3 is 1.25 bits per heavy atom. The van der Waals surface area contributed by atoms with Gasteiger partial charge in [0.2, 0.25) is 0 Å². The molecule has 0 aliphatic heterocycles. The van der Waals surface area contributed by atoms with E-state index in [1.165, 1.54) is 48.5 Å². The predicted octanol–water partition coefficient (Wildman–Crippen LogP) is 4.08. The molecule has 0 unspecified atom stereocenters. The number of aliphatic hydroxyl groups excluding tert-OH is 1. The van der Waals surface area contributed by atoms with Crippen molar-refractivity contribution >= 4 is 30.2 Å². The van der Waals surface area contributed by atoms with Crippen LogP contribution in [-0.2, 0) is 23.7 Å². The van der Waals surface area contributed by atoms with Crippen molar-refractivity contribution in [1.82, 2.24) is 0 Å². The summed E-state index contributed by atoms with van der Waals surface area (Å²) in [5, 5.41) is 11.2. The van der Waals surface area contributed by atoms with Crippen LogP contribution in [0.4, 0.5) is 0 Å². The Balaban J connectivity index is 1.68. The molecule has 224 valence electrons. The summed E-state index contributed by atoms with van der Waals surface area (Å²) in [4.78, 5) is 64.2. The zero-order valence-electron chi connectivity index (χ0n) is 23.3. The van der Waals surface area contributed by atoms with Gasteiger partial charge in [-0.05, 0) is 48.5 Å². The first-order valence-corrected chi connectivity index (χ1v) is 13.5. The number of hydrogen-bond acceptors (Lipinski definition) is 10. The molecule has 4 rings (SSSR count). The van der Waals surface area contributed by atoms with Gasteiger partial charge in [0, 0.05) is 0 Å². The van der Waals surface area contributed by atoms with Crippen LogP contribution in [0.5, 0.6) is 0 Å². The molecule has 0 spiro atoms. The van der Waals surface area contributed by atoms with Crippen molar-refractivity contribution in [3.05, 3.63) is 144 Å². The molecule has 0 aliphatic carbocycles. The Morgan fingerprint density at radius 1 is 0.523 bits per heavy atom. The molecule has 0 saturated carbocycles. The highest BCUT2D eigenvalue weighted by molar-refractivity contribution is 5.92. The summed E-state index contributed by atoms with van der Waals surface area (Å²) in [6.07, 6.45) is -7.23. The third kappa shape index (κ3) is 8.46. The lowest BCUT2D eigenvalue weighted by atomic mass is 10.0. The number of benzene rings is 4. The van der Waals surface area contributed by atoms with E-state index >= 15 is 0 Å². The van der Waals surface area contributed by atoms with Gasteiger partial charge in [-0.25, -0.2) is 19.2 Å². The maximum absolute atomic E-state index is 13.2. The van der Waals surface area contributed by atoms with E-state index in [1.54, 1.807) is 72.8 Å². The fourth-order valence-corrected chi connectivity index (χ4v) is 4.07. The lowest BCUT2D eigenvalue weighted by molar-refractivity contribution is -0.142. The van der Waals surface area contributed by atoms with Crippen LogP contribution < -0.4 is 0 Å². The number of aliphatic hydroxyl groups is 1. The third-order valence-corrected chi connectivity index (χ3v) is 6.31. The minimum absolute atomic E-state index is 0.0645. The summed E-state index contributed by atoms with van der Waals surface area (Å²) in [6.45, 7) is -0.738. The van der Waals surface area contributed by atoms with Gasteiger partial charge in [0.25, 0.3) is 0 Å². The zero-order valence-corrected chi connectivity index (χ0v) is 23.3. The molecule has 10 heteroatoms. The average molecular weight is 597 g/mol. The first-order valence-electron chi connectivity index (χ1n) is 13.5. The first-order chi connectivity index (χ1) is 21.4. The number of rotatable bonds is 13. The van der Waals surface area contributed by atoms with Gasteiger partial charge >= 0.3 is 23.9 Å². The second kappa shape index (κ2) is 15.6. The Bertz CT molecular complexity index is 1540. The minimum Gasteiger partial charge on any atom is -0.459 e. The first kappa shape index (κ1) is 31.3. The van der Waals surface area contributed by atoms with Crippen molar-refractivity contribution in [3.63, 3.8) is 0 Å². The lowest BCUT2D eigenvalue weighted by Crippen LogP contribution is -2.52. The van der Waals surface area contributed by atoms with Gasteiger partial charge in [-0.3, -0.25) is 4.79 Å². The quantitative estimate of drug-likeness (QED) is 0.136. The fourth-order valence-electron chi connectivity index (χ4n) is 4.07. The van der Waals surface area contributed by atoms with E-state index in [9.17, 15) is 29.1 Å². The van der Waals surface area contributed by atoms with Crippen molar-refractivity contribution in [2.45, 2.75) is 24.4 Å². The van der Waals surface area contributed by atoms with Crippen molar-refractivity contribution in [2.75, 3.05) is 6.61 Å². The molecule has 10 nitrogen and oxygen atoms in total. The smallest absolute Gasteiger partial charge is 0.338 e. The van der Waals surface area contributed by atoms with Gasteiger partial charge in [-0.2, -0.15) is 0 Å². The van der Waals surface area contributed by atoms with Gasteiger partial charge in [-0.1, -0.05) is 72.8 Å². The molecule has 4 atom stereocenters. The van der Waals surface area contributed by atoms with E-state index in [1.807, 2.05) is 0 Å². The molecular formula is C34H28O10. The molecule has 0 radical (unpaired) electrons. The summed E-state index contributed by atoms with van der Waals surface area (Å²) in [5.74, 6) is -3.66. The second-order valence-corrected chi connectivity index (χ2v) is 9.38. The number of ether oxygens (including phenoxy) is 4. The monoisotopic (exact) mass is 596 g/mol. The van der Waals surface area contributed by atoms with Crippen LogP contribution in [0.1, 0.15) is 41.4 Å². The molecule has 44 heavy (non-hydrogen) atoms. The Morgan fingerprint density at radius 2 is 0.864 bits per heavy atom. The summed E-state index contributed by atoms with van der Waals surface area (Å²) in [7, 11) is 0. The Hall–Kier alpha value is -5.61. The van der Waals surface area contributed by atoms with Crippen molar-refractivity contribution in [2.24, 2.45) is 0 Å². The van der Waals surface area contributed by atoms with Crippen LogP contribution in [0.3, 0.4) is 0 Å². The zero-order chi connectivity index (χ0) is 31.3. The SMILES string of the molecule is O=C[C@H](OC(=O)c1ccccc1)[C@@H](OC(=O)c1ccccc1)[C@H](OC(=O)c1ccccc1)[C@H](O)COC(=O)c1ccccc1. The van der Waals surface area contributed by atoms with E-state index in [0.29, 0.717) is 0 Å². The molecule has 4 aromatic carbocycles. The minimum atomic E-state index is -1.87. The van der Waals surface area contributed by atoms with Crippen molar-refractivity contribution < 1.29 is 48.0 Å². The van der Waals surface area contributed by atoms with Gasteiger partial charge < -0.3 is 24.1 Å². The van der Waals surface area contributed by atoms with Crippen LogP contribution in [-0.4, -0.2) is 66.3 Å². The number of hydrogen-bond donors (Lipinski definition) is 1. The number of aldehydes is 1. The van der Waals surface area contributed by atoms with Gasteiger partial charge in [-0.15, -0.1) is 0 Å². The topological polar surface area (TPSA) is 143 Å². The highest BCUT2D eigenvalue weighted by Gasteiger charge is 2.43. The number of carbonyl (C=O) groups is 5. The maximum Gasteiger partial charge on any atom is 0.338 e. The molecule has 0 aliphatic rings. The molecule has 4 aromatic rings. The highest BCUT2D eigenvalue weighted by atomic mass is 16.6. The van der Waals surface area contributed by atoms with Crippen LogP contribution in [0.25, 0.3) is 0 Å². The lowest BCUT2D eigenvalue weighted by Gasteiger charge is -2.32. The predicted molar refractivity (Wildman–Crippen MR) is 156 cm³/mol. The standard InChI is InChI=1S/C34H28O10/c35-21-28(42-32(38)24-15-7-2-8-16-24)30(44-34(40)26-19-11-4-12-20-26)29(43-33(39)25-17-9-3-10-18-25)27(36)22-41-31(37)23-13-5-1-6-14-23/h1-21,27-30,36H,22H2/t27-,28+,29-,30-/m1/s1. The van der Waals surface area contributed by atoms with Crippen LogP contribution >= 0.6 is 0 Å². The van der Waals surface area contributed by atoms with Crippen LogP contribution in [0, 0.1) is 0 Å². The maximum atomic E-state index is 13.2. The van der Waals surface area contributed by atoms with Crippen LogP contribution in [0.15, 0.2) is 121 Å². The van der Waals surface area contributed by atoms with Crippen molar-refractivity contribution in [3.8, 4) is 0 Å². The molecule has 0 bridgehead atoms. The number of esters is 4. The summed E-state index contributed by atoms with van der Waals surface area (Å²) < 4.78 is 21.9. The summed E-state index contributed by atoms with van der Waals surface area (Å²) in [6, 6.07) is 31.0.